The van der Waals surface area contributed by atoms with Crippen LogP contribution in [0.5, 0.6) is 0 Å². The van der Waals surface area contributed by atoms with Crippen LogP contribution in [0, 0.1) is 18.3 Å². The summed E-state index contributed by atoms with van der Waals surface area (Å²) in [4.78, 5) is 23.0. The molecular formula is C12H13N3O3S2. The second-order valence-corrected chi connectivity index (χ2v) is 5.16. The van der Waals surface area contributed by atoms with Gasteiger partial charge in [0.1, 0.15) is 15.9 Å². The van der Waals surface area contributed by atoms with Crippen LogP contribution in [0.4, 0.5) is 5.00 Å². The number of thiocarbonyl (C=S) groups is 1. The molecule has 8 heteroatoms. The van der Waals surface area contributed by atoms with E-state index in [4.69, 9.17) is 22.2 Å². The van der Waals surface area contributed by atoms with Crippen LogP contribution < -0.4 is 10.6 Å². The van der Waals surface area contributed by atoms with Gasteiger partial charge in [0.15, 0.2) is 5.11 Å². The van der Waals surface area contributed by atoms with E-state index < -0.39 is 5.97 Å². The van der Waals surface area contributed by atoms with Gasteiger partial charge in [-0.2, -0.15) is 5.26 Å². The van der Waals surface area contributed by atoms with Crippen molar-refractivity contribution in [1.82, 2.24) is 5.32 Å². The Balaban J connectivity index is 3.06. The highest BCUT2D eigenvalue weighted by molar-refractivity contribution is 7.80. The number of hydrogen-bond acceptors (Lipinski definition) is 6. The first kappa shape index (κ1) is 16.1. The number of nitrogens with zero attached hydrogens (tertiary/aromatic N) is 1. The van der Waals surface area contributed by atoms with E-state index in [0.717, 1.165) is 11.3 Å². The second kappa shape index (κ2) is 6.98. The van der Waals surface area contributed by atoms with Gasteiger partial charge in [-0.25, -0.2) is 4.79 Å². The molecule has 0 atom stereocenters. The quantitative estimate of drug-likeness (QED) is 0.655. The Labute approximate surface area is 125 Å². The summed E-state index contributed by atoms with van der Waals surface area (Å²) in [6, 6.07) is 2.01. The number of nitrogens with one attached hydrogen (secondary N) is 2. The Morgan fingerprint density at radius 3 is 2.65 bits per heavy atom. The maximum atomic E-state index is 11.8. The Hall–Kier alpha value is -1.98. The zero-order valence-electron chi connectivity index (χ0n) is 11.2. The summed E-state index contributed by atoms with van der Waals surface area (Å²) in [7, 11) is 0. The molecule has 0 radical (unpaired) electrons. The second-order valence-electron chi connectivity index (χ2n) is 3.73. The molecule has 1 amide bonds. The monoisotopic (exact) mass is 311 g/mol. The number of hydrogen-bond donors (Lipinski definition) is 2. The fraction of sp³-hybridized carbons (Fsp3) is 0.333. The minimum atomic E-state index is -0.481. The van der Waals surface area contributed by atoms with Crippen molar-refractivity contribution in [2.75, 3.05) is 11.9 Å². The lowest BCUT2D eigenvalue weighted by Gasteiger charge is -2.05. The number of anilines is 1. The van der Waals surface area contributed by atoms with Crippen molar-refractivity contribution < 1.29 is 14.3 Å². The molecule has 106 valence electrons. The van der Waals surface area contributed by atoms with Crippen molar-refractivity contribution in [3.8, 4) is 6.07 Å². The highest BCUT2D eigenvalue weighted by Gasteiger charge is 2.21. The summed E-state index contributed by atoms with van der Waals surface area (Å²) in [5.74, 6) is -0.801. The summed E-state index contributed by atoms with van der Waals surface area (Å²) >= 11 is 5.99. The van der Waals surface area contributed by atoms with Gasteiger partial charge in [-0.3, -0.25) is 4.79 Å². The van der Waals surface area contributed by atoms with Crippen molar-refractivity contribution in [3.63, 3.8) is 0 Å². The number of thiophene rings is 1. The van der Waals surface area contributed by atoms with E-state index in [0.29, 0.717) is 21.0 Å². The fourth-order valence-corrected chi connectivity index (χ4v) is 2.79. The molecular weight excluding hydrogens is 298 g/mol. The summed E-state index contributed by atoms with van der Waals surface area (Å²) < 4.78 is 4.92. The minimum absolute atomic E-state index is 0.0747. The van der Waals surface area contributed by atoms with Gasteiger partial charge in [-0.05, 0) is 31.6 Å². The molecule has 0 saturated heterocycles. The summed E-state index contributed by atoms with van der Waals surface area (Å²) in [5, 5.41) is 14.8. The van der Waals surface area contributed by atoms with Crippen LogP contribution in [0.25, 0.3) is 0 Å². The summed E-state index contributed by atoms with van der Waals surface area (Å²) in [5.41, 5.74) is 0.842. The van der Waals surface area contributed by atoms with Crippen LogP contribution in [-0.2, 0) is 9.53 Å². The van der Waals surface area contributed by atoms with Gasteiger partial charge in [0.25, 0.3) is 0 Å². The maximum absolute atomic E-state index is 11.8. The summed E-state index contributed by atoms with van der Waals surface area (Å²) in [6.07, 6.45) is 0. The van der Waals surface area contributed by atoms with Crippen molar-refractivity contribution >= 4 is 45.5 Å². The van der Waals surface area contributed by atoms with Gasteiger partial charge in [-0.15, -0.1) is 11.3 Å². The number of carbonyl (C=O) groups is 2. The van der Waals surface area contributed by atoms with E-state index in [1.165, 1.54) is 6.92 Å². The van der Waals surface area contributed by atoms with Gasteiger partial charge in [0.2, 0.25) is 5.91 Å². The normalized spacial score (nSPS) is 9.50. The van der Waals surface area contributed by atoms with E-state index in [-0.39, 0.29) is 17.6 Å². The van der Waals surface area contributed by atoms with Gasteiger partial charge in [-0.1, -0.05) is 0 Å². The summed E-state index contributed by atoms with van der Waals surface area (Å²) in [6.45, 7) is 4.94. The van der Waals surface area contributed by atoms with Crippen molar-refractivity contribution in [2.24, 2.45) is 0 Å². The molecule has 0 unspecified atom stereocenters. The number of ether oxygens (including phenoxy) is 1. The first-order valence-electron chi connectivity index (χ1n) is 5.69. The maximum Gasteiger partial charge on any atom is 0.348 e. The van der Waals surface area contributed by atoms with Crippen molar-refractivity contribution in [1.29, 1.82) is 5.26 Å². The Bertz CT molecular complexity index is 602. The molecule has 0 spiro atoms. The number of carbonyl (C=O) groups excluding carboxylic acids is 2. The number of rotatable bonds is 3. The predicted molar refractivity (Wildman–Crippen MR) is 79.8 cm³/mol. The van der Waals surface area contributed by atoms with Gasteiger partial charge < -0.3 is 15.4 Å². The Morgan fingerprint density at radius 2 is 2.15 bits per heavy atom. The smallest absolute Gasteiger partial charge is 0.348 e. The highest BCUT2D eigenvalue weighted by atomic mass is 32.1. The first-order chi connectivity index (χ1) is 9.40. The molecule has 0 bridgehead atoms. The highest BCUT2D eigenvalue weighted by Crippen LogP contribution is 2.32. The molecule has 1 aromatic rings. The SMILES string of the molecule is CCOC(=O)c1sc(NC(=S)NC(C)=O)c(C#N)c1C. The van der Waals surface area contributed by atoms with E-state index in [1.807, 2.05) is 6.07 Å². The van der Waals surface area contributed by atoms with Crippen LogP contribution in [0.2, 0.25) is 0 Å². The van der Waals surface area contributed by atoms with E-state index in [9.17, 15) is 9.59 Å². The molecule has 6 nitrogen and oxygen atoms in total. The standard InChI is InChI=1S/C12H13N3O3S2/c1-4-18-11(17)9-6(2)8(5-13)10(20-9)15-12(19)14-7(3)16/h4H2,1-3H3,(H2,14,15,16,19). The van der Waals surface area contributed by atoms with Crippen molar-refractivity contribution in [3.05, 3.63) is 16.0 Å². The lowest BCUT2D eigenvalue weighted by Crippen LogP contribution is -2.32. The molecule has 0 aliphatic heterocycles. The topological polar surface area (TPSA) is 91.2 Å². The van der Waals surface area contributed by atoms with E-state index >= 15 is 0 Å². The van der Waals surface area contributed by atoms with E-state index in [2.05, 4.69) is 10.6 Å². The lowest BCUT2D eigenvalue weighted by molar-refractivity contribution is -0.117. The molecule has 0 aromatic carbocycles. The molecule has 0 aliphatic rings. The van der Waals surface area contributed by atoms with Gasteiger partial charge in [0.05, 0.1) is 12.2 Å². The molecule has 2 N–H and O–H groups in total. The molecule has 20 heavy (non-hydrogen) atoms. The van der Waals surface area contributed by atoms with Crippen LogP contribution in [0.1, 0.15) is 34.6 Å². The van der Waals surface area contributed by atoms with Crippen LogP contribution in [-0.4, -0.2) is 23.6 Å². The molecule has 0 aliphatic carbocycles. The molecule has 0 fully saturated rings. The zero-order chi connectivity index (χ0) is 15.3. The van der Waals surface area contributed by atoms with E-state index in [1.54, 1.807) is 13.8 Å². The van der Waals surface area contributed by atoms with Crippen LogP contribution in [0.15, 0.2) is 0 Å². The predicted octanol–water partition coefficient (Wildman–Crippen LogP) is 1.94. The fourth-order valence-electron chi connectivity index (χ4n) is 1.42. The first-order valence-corrected chi connectivity index (χ1v) is 6.92. The third kappa shape index (κ3) is 3.76. The van der Waals surface area contributed by atoms with Crippen molar-refractivity contribution in [2.45, 2.75) is 20.8 Å². The van der Waals surface area contributed by atoms with Crippen LogP contribution >= 0.6 is 23.6 Å². The third-order valence-corrected chi connectivity index (χ3v) is 3.63. The number of esters is 1. The average molecular weight is 311 g/mol. The molecule has 1 aromatic heterocycles. The third-order valence-electron chi connectivity index (χ3n) is 2.24. The number of nitriles is 1. The van der Waals surface area contributed by atoms with Crippen LogP contribution in [0.3, 0.4) is 0 Å². The van der Waals surface area contributed by atoms with Gasteiger partial charge in [0, 0.05) is 6.92 Å². The lowest BCUT2D eigenvalue weighted by atomic mass is 10.2. The largest absolute Gasteiger partial charge is 0.462 e. The molecule has 1 rings (SSSR count). The molecule has 1 heterocycles. The Kier molecular flexibility index (Phi) is 5.61. The molecule has 0 saturated carbocycles. The minimum Gasteiger partial charge on any atom is -0.462 e. The average Bonchev–Trinajstić information content (AvgIpc) is 2.64. The zero-order valence-corrected chi connectivity index (χ0v) is 12.8. The van der Waals surface area contributed by atoms with Gasteiger partial charge >= 0.3 is 5.97 Å². The Morgan fingerprint density at radius 1 is 1.50 bits per heavy atom. The number of amides is 1.